The third-order valence-corrected chi connectivity index (χ3v) is 4.71. The van der Waals surface area contributed by atoms with E-state index in [1.165, 1.54) is 6.08 Å². The van der Waals surface area contributed by atoms with Gasteiger partial charge in [-0.1, -0.05) is 30.3 Å². The minimum atomic E-state index is -1.21. The molecule has 1 aromatic heterocycles. The van der Waals surface area contributed by atoms with E-state index in [2.05, 4.69) is 11.1 Å². The number of H-pyrrole nitrogens is 1. The van der Waals surface area contributed by atoms with Gasteiger partial charge in [-0.25, -0.2) is 4.79 Å². The third-order valence-electron chi connectivity index (χ3n) is 4.71. The minimum Gasteiger partial charge on any atom is -0.482 e. The lowest BCUT2D eigenvalue weighted by Crippen LogP contribution is -2.33. The molecule has 2 aromatic rings. The molecule has 0 fully saturated rings. The molecule has 6 heteroatoms. The van der Waals surface area contributed by atoms with Gasteiger partial charge in [-0.3, -0.25) is 0 Å². The van der Waals surface area contributed by atoms with Gasteiger partial charge in [-0.05, 0) is 45.4 Å². The van der Waals surface area contributed by atoms with Crippen molar-refractivity contribution in [2.45, 2.75) is 38.9 Å². The van der Waals surface area contributed by atoms with Gasteiger partial charge in [0.25, 0.3) is 0 Å². The number of carbonyl (C=O) groups excluding carboxylic acids is 1. The summed E-state index contributed by atoms with van der Waals surface area (Å²) in [6, 6.07) is 17.1. The van der Waals surface area contributed by atoms with Gasteiger partial charge in [0.1, 0.15) is 22.9 Å². The number of esters is 1. The molecule has 1 aliphatic heterocycles. The van der Waals surface area contributed by atoms with Crippen molar-refractivity contribution in [3.05, 3.63) is 71.1 Å². The summed E-state index contributed by atoms with van der Waals surface area (Å²) in [5.74, 6) is -0.337. The second kappa shape index (κ2) is 7.33. The predicted molar refractivity (Wildman–Crippen MR) is 107 cm³/mol. The largest absolute Gasteiger partial charge is 0.482 e. The first-order valence-electron chi connectivity index (χ1n) is 9.12. The fraction of sp³-hybridized carbons (Fsp3) is 0.261. The Kier molecular flexibility index (Phi) is 5.05. The number of hydrogen-bond acceptors (Lipinski definition) is 5. The average molecular weight is 387 g/mol. The lowest BCUT2D eigenvalue weighted by atomic mass is 9.92. The van der Waals surface area contributed by atoms with Crippen LogP contribution < -0.4 is 0 Å². The second-order valence-corrected chi connectivity index (χ2v) is 7.67. The number of nitrogens with one attached hydrogen (secondary N) is 1. The van der Waals surface area contributed by atoms with E-state index in [9.17, 15) is 10.1 Å². The van der Waals surface area contributed by atoms with Crippen molar-refractivity contribution < 1.29 is 14.3 Å². The molecule has 0 saturated heterocycles. The van der Waals surface area contributed by atoms with Crippen LogP contribution in [0.4, 0.5) is 0 Å². The molecule has 0 amide bonds. The molecular formula is C23H21N3O3. The van der Waals surface area contributed by atoms with E-state index < -0.39 is 17.2 Å². The molecule has 1 N–H and O–H groups in total. The van der Waals surface area contributed by atoms with E-state index in [0.29, 0.717) is 11.3 Å². The van der Waals surface area contributed by atoms with Gasteiger partial charge in [0.2, 0.25) is 0 Å². The molecule has 0 saturated carbocycles. The molecule has 1 aliphatic rings. The van der Waals surface area contributed by atoms with Gasteiger partial charge < -0.3 is 14.5 Å². The second-order valence-electron chi connectivity index (χ2n) is 7.67. The van der Waals surface area contributed by atoms with E-state index in [1.807, 2.05) is 42.5 Å². The number of benzene rings is 1. The lowest BCUT2D eigenvalue weighted by Gasteiger charge is -2.29. The number of ether oxygens (including phenoxy) is 2. The van der Waals surface area contributed by atoms with Crippen LogP contribution in [0.2, 0.25) is 0 Å². The Morgan fingerprint density at radius 1 is 1.17 bits per heavy atom. The smallest absolute Gasteiger partial charge is 0.355 e. The SMILES string of the molecule is CC(C)(OC(=O)c1ccc(-c2ccccc2)[nH]1)C1=C(C#N)/C(=C/C#N)C(C)(C)O1. The van der Waals surface area contributed by atoms with Crippen molar-refractivity contribution in [2.24, 2.45) is 0 Å². The van der Waals surface area contributed by atoms with Crippen molar-refractivity contribution in [2.75, 3.05) is 0 Å². The Morgan fingerprint density at radius 3 is 2.48 bits per heavy atom. The number of nitriles is 2. The highest BCUT2D eigenvalue weighted by atomic mass is 16.6. The van der Waals surface area contributed by atoms with E-state index in [0.717, 1.165) is 11.3 Å². The lowest BCUT2D eigenvalue weighted by molar-refractivity contribution is -0.0298. The van der Waals surface area contributed by atoms with E-state index >= 15 is 0 Å². The topological polar surface area (TPSA) is 98.9 Å². The van der Waals surface area contributed by atoms with Crippen LogP contribution in [0.3, 0.4) is 0 Å². The number of allylic oxidation sites excluding steroid dienone is 1. The Hall–Kier alpha value is -3.77. The zero-order valence-corrected chi connectivity index (χ0v) is 16.7. The maximum atomic E-state index is 12.7. The summed E-state index contributed by atoms with van der Waals surface area (Å²) in [4.78, 5) is 15.8. The van der Waals surface area contributed by atoms with Crippen molar-refractivity contribution in [3.63, 3.8) is 0 Å². The van der Waals surface area contributed by atoms with Crippen molar-refractivity contribution in [1.82, 2.24) is 4.98 Å². The Balaban J connectivity index is 1.88. The summed E-state index contributed by atoms with van der Waals surface area (Å²) in [6.45, 7) is 6.83. The highest BCUT2D eigenvalue weighted by molar-refractivity contribution is 5.89. The Bertz CT molecular complexity index is 1090. The van der Waals surface area contributed by atoms with Crippen LogP contribution in [-0.4, -0.2) is 22.2 Å². The zero-order valence-electron chi connectivity index (χ0n) is 16.7. The predicted octanol–water partition coefficient (Wildman–Crippen LogP) is 4.65. The normalized spacial score (nSPS) is 16.8. The number of rotatable bonds is 4. The van der Waals surface area contributed by atoms with E-state index in [4.69, 9.17) is 14.7 Å². The summed E-state index contributed by atoms with van der Waals surface area (Å²) < 4.78 is 11.6. The number of aromatic amines is 1. The Labute approximate surface area is 169 Å². The first kappa shape index (κ1) is 20.0. The fourth-order valence-electron chi connectivity index (χ4n) is 3.26. The van der Waals surface area contributed by atoms with Gasteiger partial charge in [-0.2, -0.15) is 10.5 Å². The molecule has 0 bridgehead atoms. The highest BCUT2D eigenvalue weighted by Gasteiger charge is 2.46. The third kappa shape index (κ3) is 3.79. The van der Waals surface area contributed by atoms with Gasteiger partial charge in [0.15, 0.2) is 11.4 Å². The van der Waals surface area contributed by atoms with Crippen LogP contribution in [-0.2, 0) is 9.47 Å². The monoisotopic (exact) mass is 387 g/mol. The number of hydrogen-bond donors (Lipinski definition) is 1. The van der Waals surface area contributed by atoms with Crippen LogP contribution in [0.5, 0.6) is 0 Å². The van der Waals surface area contributed by atoms with Crippen molar-refractivity contribution in [1.29, 1.82) is 10.5 Å². The number of nitrogens with zero attached hydrogens (tertiary/aromatic N) is 2. The first-order chi connectivity index (χ1) is 13.7. The summed E-state index contributed by atoms with van der Waals surface area (Å²) in [5.41, 5.74) is 0.645. The van der Waals surface area contributed by atoms with E-state index in [1.54, 1.807) is 33.8 Å². The van der Waals surface area contributed by atoms with Gasteiger partial charge in [0, 0.05) is 17.3 Å². The Morgan fingerprint density at radius 2 is 1.86 bits per heavy atom. The molecule has 0 spiro atoms. The zero-order chi connectivity index (χ0) is 21.2. The molecule has 2 heterocycles. The molecule has 0 radical (unpaired) electrons. The van der Waals surface area contributed by atoms with E-state index in [-0.39, 0.29) is 11.3 Å². The molecule has 146 valence electrons. The fourth-order valence-corrected chi connectivity index (χ4v) is 3.26. The van der Waals surface area contributed by atoms with Crippen LogP contribution in [0.1, 0.15) is 38.2 Å². The van der Waals surface area contributed by atoms with Gasteiger partial charge in [0.05, 0.1) is 6.07 Å². The average Bonchev–Trinajstić information content (AvgIpc) is 3.26. The molecule has 1 aromatic carbocycles. The molecule has 0 aliphatic carbocycles. The number of aromatic nitrogens is 1. The van der Waals surface area contributed by atoms with Crippen molar-refractivity contribution in [3.8, 4) is 23.4 Å². The van der Waals surface area contributed by atoms with Crippen molar-refractivity contribution >= 4 is 5.97 Å². The van der Waals surface area contributed by atoms with Gasteiger partial charge >= 0.3 is 5.97 Å². The number of carbonyl (C=O) groups is 1. The molecule has 29 heavy (non-hydrogen) atoms. The highest BCUT2D eigenvalue weighted by Crippen LogP contribution is 2.43. The minimum absolute atomic E-state index is 0.214. The summed E-state index contributed by atoms with van der Waals surface area (Å²) in [5, 5.41) is 18.7. The standard InChI is InChI=1S/C23H21N3O3/c1-22(2)17(12-13-24)16(14-25)20(28-22)23(3,4)29-21(27)19-11-10-18(26-19)15-8-6-5-7-9-15/h5-12,26H,1-4H3/b17-12-. The van der Waals surface area contributed by atoms with Gasteiger partial charge in [-0.15, -0.1) is 0 Å². The molecule has 0 atom stereocenters. The summed E-state index contributed by atoms with van der Waals surface area (Å²) in [7, 11) is 0. The molecule has 0 unspecified atom stereocenters. The van der Waals surface area contributed by atoms with Crippen LogP contribution in [0.25, 0.3) is 11.3 Å². The molecular weight excluding hydrogens is 366 g/mol. The molecule has 6 nitrogen and oxygen atoms in total. The summed E-state index contributed by atoms with van der Waals surface area (Å²) >= 11 is 0. The van der Waals surface area contributed by atoms with Crippen LogP contribution in [0.15, 0.2) is 65.4 Å². The first-order valence-corrected chi connectivity index (χ1v) is 9.12. The maximum absolute atomic E-state index is 12.7. The van der Waals surface area contributed by atoms with Crippen LogP contribution >= 0.6 is 0 Å². The van der Waals surface area contributed by atoms with Crippen LogP contribution in [0, 0.1) is 22.7 Å². The summed E-state index contributed by atoms with van der Waals surface area (Å²) in [6.07, 6.45) is 1.29. The quantitative estimate of drug-likeness (QED) is 0.608. The molecule has 3 rings (SSSR count). The maximum Gasteiger partial charge on any atom is 0.355 e.